The molecule has 3 aliphatic rings. The molecule has 0 fully saturated rings. The number of rotatable bonds is 1. The molecule has 0 aliphatic carbocycles. The van der Waals surface area contributed by atoms with Gasteiger partial charge in [0.05, 0.1) is 11.3 Å². The van der Waals surface area contributed by atoms with Crippen LogP contribution in [-0.4, -0.2) is 48.8 Å². The molecular weight excluding hydrogens is 326 g/mol. The maximum absolute atomic E-state index is 13.0. The molecule has 3 aliphatic heterocycles. The first-order chi connectivity index (χ1) is 11.5. The first-order valence-corrected chi connectivity index (χ1v) is 9.49. The standard InChI is InChI=1S/C17H17N3O3S/c21-17(20-9-7-13-4-1-2-5-14(13)12-20)15-6-3-8-19-10-11-24(22,23)18-16(15)19/h1-6,8H,7,9-12H2. The van der Waals surface area contributed by atoms with E-state index in [9.17, 15) is 13.2 Å². The molecule has 0 saturated carbocycles. The number of fused-ring (bicyclic) bond motifs is 2. The van der Waals surface area contributed by atoms with Gasteiger partial charge in [-0.3, -0.25) is 4.79 Å². The summed E-state index contributed by atoms with van der Waals surface area (Å²) in [6.45, 7) is 1.48. The summed E-state index contributed by atoms with van der Waals surface area (Å²) in [4.78, 5) is 16.4. The van der Waals surface area contributed by atoms with Gasteiger partial charge in [-0.05, 0) is 29.7 Å². The van der Waals surface area contributed by atoms with Crippen molar-refractivity contribution in [2.45, 2.75) is 13.0 Å². The summed E-state index contributed by atoms with van der Waals surface area (Å²) < 4.78 is 27.5. The minimum atomic E-state index is -3.50. The Morgan fingerprint density at radius 2 is 1.92 bits per heavy atom. The zero-order valence-electron chi connectivity index (χ0n) is 13.1. The first kappa shape index (κ1) is 15.1. The number of allylic oxidation sites excluding steroid dienone is 2. The molecule has 0 bridgehead atoms. The van der Waals surface area contributed by atoms with E-state index in [-0.39, 0.29) is 17.5 Å². The van der Waals surface area contributed by atoms with Crippen molar-refractivity contribution in [2.24, 2.45) is 4.40 Å². The molecule has 0 unspecified atom stereocenters. The van der Waals surface area contributed by atoms with Crippen LogP contribution in [0, 0.1) is 0 Å². The van der Waals surface area contributed by atoms with Gasteiger partial charge in [0.15, 0.2) is 5.84 Å². The highest BCUT2D eigenvalue weighted by atomic mass is 32.2. The second kappa shape index (κ2) is 5.59. The number of benzene rings is 1. The van der Waals surface area contributed by atoms with Crippen LogP contribution in [0.15, 0.2) is 52.6 Å². The SMILES string of the molecule is O=C(C1=CC=CN2CCS(=O)(=O)N=C12)N1CCc2ccccc2C1. The van der Waals surface area contributed by atoms with Crippen LogP contribution in [0.5, 0.6) is 0 Å². The summed E-state index contributed by atoms with van der Waals surface area (Å²) in [6.07, 6.45) is 5.98. The number of carbonyl (C=O) groups excluding carboxylic acids is 1. The van der Waals surface area contributed by atoms with Gasteiger partial charge in [0.2, 0.25) is 0 Å². The Bertz CT molecular complexity index is 899. The van der Waals surface area contributed by atoms with Crippen LogP contribution in [0.3, 0.4) is 0 Å². The Morgan fingerprint density at radius 1 is 1.12 bits per heavy atom. The molecule has 1 aromatic rings. The van der Waals surface area contributed by atoms with Crippen molar-refractivity contribution in [3.05, 3.63) is 59.3 Å². The number of hydrogen-bond donors (Lipinski definition) is 0. The largest absolute Gasteiger partial charge is 0.334 e. The van der Waals surface area contributed by atoms with Crippen LogP contribution in [0.25, 0.3) is 0 Å². The Labute approximate surface area is 140 Å². The summed E-state index contributed by atoms with van der Waals surface area (Å²) in [6, 6.07) is 8.08. The molecule has 3 heterocycles. The monoisotopic (exact) mass is 343 g/mol. The second-order valence-corrected chi connectivity index (χ2v) is 7.82. The van der Waals surface area contributed by atoms with Crippen LogP contribution in [0.2, 0.25) is 0 Å². The Kier molecular flexibility index (Phi) is 3.53. The minimum absolute atomic E-state index is 0.0284. The van der Waals surface area contributed by atoms with Crippen molar-refractivity contribution in [3.63, 3.8) is 0 Å². The summed E-state index contributed by atoms with van der Waals surface area (Å²) in [7, 11) is -3.50. The van der Waals surface area contributed by atoms with E-state index in [2.05, 4.69) is 10.5 Å². The number of carbonyl (C=O) groups is 1. The quantitative estimate of drug-likeness (QED) is 0.765. The van der Waals surface area contributed by atoms with Gasteiger partial charge in [-0.1, -0.05) is 24.3 Å². The van der Waals surface area contributed by atoms with E-state index in [1.807, 2.05) is 18.2 Å². The van der Waals surface area contributed by atoms with Crippen LogP contribution < -0.4 is 0 Å². The molecule has 0 N–H and O–H groups in total. The van der Waals surface area contributed by atoms with E-state index >= 15 is 0 Å². The zero-order valence-corrected chi connectivity index (χ0v) is 13.9. The lowest BCUT2D eigenvalue weighted by molar-refractivity contribution is -0.127. The van der Waals surface area contributed by atoms with E-state index in [0.29, 0.717) is 25.2 Å². The molecule has 1 amide bonds. The third kappa shape index (κ3) is 2.65. The minimum Gasteiger partial charge on any atom is -0.334 e. The Balaban J connectivity index is 1.64. The van der Waals surface area contributed by atoms with E-state index in [1.54, 1.807) is 28.2 Å². The average molecular weight is 343 g/mol. The number of amidine groups is 1. The molecule has 0 saturated heterocycles. The highest BCUT2D eigenvalue weighted by Crippen LogP contribution is 2.23. The Hall–Kier alpha value is -2.41. The summed E-state index contributed by atoms with van der Waals surface area (Å²) in [5.41, 5.74) is 2.75. The molecule has 124 valence electrons. The lowest BCUT2D eigenvalue weighted by atomic mass is 9.99. The molecule has 0 atom stereocenters. The lowest BCUT2D eigenvalue weighted by Gasteiger charge is -2.33. The average Bonchev–Trinajstić information content (AvgIpc) is 2.59. The third-order valence-electron chi connectivity index (χ3n) is 4.51. The summed E-state index contributed by atoms with van der Waals surface area (Å²) in [5, 5.41) is 0. The topological polar surface area (TPSA) is 70.0 Å². The number of hydrogen-bond acceptors (Lipinski definition) is 4. The Morgan fingerprint density at radius 3 is 2.75 bits per heavy atom. The lowest BCUT2D eigenvalue weighted by Crippen LogP contribution is -2.44. The molecule has 4 rings (SSSR count). The number of amides is 1. The molecule has 6 nitrogen and oxygen atoms in total. The van der Waals surface area contributed by atoms with Crippen molar-refractivity contribution in [1.82, 2.24) is 9.80 Å². The van der Waals surface area contributed by atoms with Gasteiger partial charge in [0, 0.05) is 25.8 Å². The third-order valence-corrected chi connectivity index (χ3v) is 5.66. The van der Waals surface area contributed by atoms with Gasteiger partial charge in [-0.25, -0.2) is 8.42 Å². The van der Waals surface area contributed by atoms with Gasteiger partial charge in [-0.2, -0.15) is 0 Å². The highest BCUT2D eigenvalue weighted by molar-refractivity contribution is 7.90. The van der Waals surface area contributed by atoms with Crippen molar-refractivity contribution in [2.75, 3.05) is 18.8 Å². The van der Waals surface area contributed by atoms with Crippen molar-refractivity contribution >= 4 is 21.8 Å². The number of sulfonamides is 1. The van der Waals surface area contributed by atoms with E-state index in [1.165, 1.54) is 5.56 Å². The van der Waals surface area contributed by atoms with Crippen molar-refractivity contribution < 1.29 is 13.2 Å². The van der Waals surface area contributed by atoms with E-state index in [0.717, 1.165) is 12.0 Å². The zero-order chi connectivity index (χ0) is 16.7. The van der Waals surface area contributed by atoms with Crippen LogP contribution in [0.1, 0.15) is 11.1 Å². The van der Waals surface area contributed by atoms with E-state index < -0.39 is 10.0 Å². The van der Waals surface area contributed by atoms with Gasteiger partial charge in [0.25, 0.3) is 15.9 Å². The van der Waals surface area contributed by atoms with Gasteiger partial charge in [0.1, 0.15) is 0 Å². The normalized spacial score (nSPS) is 21.5. The van der Waals surface area contributed by atoms with Gasteiger partial charge >= 0.3 is 0 Å². The first-order valence-electron chi connectivity index (χ1n) is 7.88. The van der Waals surface area contributed by atoms with Crippen LogP contribution >= 0.6 is 0 Å². The molecule has 7 heteroatoms. The molecular formula is C17H17N3O3S. The van der Waals surface area contributed by atoms with Gasteiger partial charge < -0.3 is 9.80 Å². The van der Waals surface area contributed by atoms with Crippen molar-refractivity contribution in [3.8, 4) is 0 Å². The van der Waals surface area contributed by atoms with Crippen LogP contribution in [-0.2, 0) is 27.8 Å². The molecule has 0 aromatic heterocycles. The predicted octanol–water partition coefficient (Wildman–Crippen LogP) is 1.07. The summed E-state index contributed by atoms with van der Waals surface area (Å²) >= 11 is 0. The molecule has 0 spiro atoms. The van der Waals surface area contributed by atoms with Gasteiger partial charge in [-0.15, -0.1) is 4.40 Å². The molecule has 24 heavy (non-hydrogen) atoms. The molecule has 0 radical (unpaired) electrons. The second-order valence-electron chi connectivity index (χ2n) is 6.06. The van der Waals surface area contributed by atoms with Crippen LogP contribution in [0.4, 0.5) is 0 Å². The fourth-order valence-corrected chi connectivity index (χ4v) is 4.21. The van der Waals surface area contributed by atoms with E-state index in [4.69, 9.17) is 0 Å². The fraction of sp³-hybridized carbons (Fsp3) is 0.294. The highest BCUT2D eigenvalue weighted by Gasteiger charge is 2.32. The number of nitrogens with zero attached hydrogens (tertiary/aromatic N) is 3. The molecule has 1 aromatic carbocycles. The predicted molar refractivity (Wildman–Crippen MR) is 90.7 cm³/mol. The summed E-state index contributed by atoms with van der Waals surface area (Å²) in [5.74, 6) is 0.0432. The fourth-order valence-electron chi connectivity index (χ4n) is 3.22. The maximum Gasteiger partial charge on any atom is 0.257 e. The van der Waals surface area contributed by atoms with Crippen molar-refractivity contribution in [1.29, 1.82) is 0 Å². The smallest absolute Gasteiger partial charge is 0.257 e. The maximum atomic E-state index is 13.0.